The summed E-state index contributed by atoms with van der Waals surface area (Å²) < 4.78 is 14.6. The number of nitrogens with zero attached hydrogens (tertiary/aromatic N) is 6. The molecule has 10 nitrogen and oxygen atoms in total. The van der Waals surface area contributed by atoms with Gasteiger partial charge in [0.1, 0.15) is 11.6 Å². The quantitative estimate of drug-likeness (QED) is 0.340. The van der Waals surface area contributed by atoms with Gasteiger partial charge < -0.3 is 10.6 Å². The fourth-order valence-electron chi connectivity index (χ4n) is 4.70. The zero-order valence-electron chi connectivity index (χ0n) is 21.1. The van der Waals surface area contributed by atoms with Crippen LogP contribution in [0.1, 0.15) is 67.3 Å². The minimum Gasteiger partial charge on any atom is -0.349 e. The molecule has 0 saturated heterocycles. The Morgan fingerprint density at radius 1 is 1.11 bits per heavy atom. The van der Waals surface area contributed by atoms with Crippen LogP contribution in [0.4, 0.5) is 16.0 Å². The number of pyridine rings is 1. The molecule has 4 heterocycles. The molecule has 11 heteroatoms. The normalized spacial score (nSPS) is 18.4. The molecule has 4 aromatic heterocycles. The summed E-state index contributed by atoms with van der Waals surface area (Å²) in [6.45, 7) is 5.84. The van der Waals surface area contributed by atoms with E-state index in [1.807, 2.05) is 39.0 Å². The number of hydrogen-bond donors (Lipinski definition) is 3. The van der Waals surface area contributed by atoms with Crippen LogP contribution in [0.5, 0.6) is 0 Å². The third-order valence-corrected chi connectivity index (χ3v) is 6.71. The van der Waals surface area contributed by atoms with Gasteiger partial charge in [-0.25, -0.2) is 24.0 Å². The molecule has 1 fully saturated rings. The van der Waals surface area contributed by atoms with Crippen molar-refractivity contribution in [1.29, 1.82) is 0 Å². The maximum atomic E-state index is 13.2. The smallest absolute Gasteiger partial charge is 0.223 e. The third-order valence-electron chi connectivity index (χ3n) is 6.71. The van der Waals surface area contributed by atoms with E-state index in [4.69, 9.17) is 4.98 Å². The highest BCUT2D eigenvalue weighted by Gasteiger charge is 2.29. The Morgan fingerprint density at radius 2 is 1.92 bits per heavy atom. The largest absolute Gasteiger partial charge is 0.349 e. The van der Waals surface area contributed by atoms with Crippen LogP contribution in [0.25, 0.3) is 5.82 Å². The van der Waals surface area contributed by atoms with E-state index in [1.54, 1.807) is 12.3 Å². The number of halogens is 1. The second-order valence-corrected chi connectivity index (χ2v) is 9.65. The predicted molar refractivity (Wildman–Crippen MR) is 136 cm³/mol. The second kappa shape index (κ2) is 10.5. The molecule has 5 rings (SSSR count). The first kappa shape index (κ1) is 24.5. The number of carbonyl (C=O) groups excluding carboxylic acids is 1. The van der Waals surface area contributed by atoms with Crippen molar-refractivity contribution in [3.05, 3.63) is 71.4 Å². The van der Waals surface area contributed by atoms with Gasteiger partial charge in [0.05, 0.1) is 18.4 Å². The maximum absolute atomic E-state index is 13.2. The highest BCUT2D eigenvalue weighted by molar-refractivity contribution is 5.79. The molecule has 1 amide bonds. The number of aryl methyl sites for hydroxylation is 2. The summed E-state index contributed by atoms with van der Waals surface area (Å²) in [5, 5.41) is 17.4. The molecule has 0 bridgehead atoms. The number of carbonyl (C=O) groups is 1. The topological polar surface area (TPSA) is 126 Å². The van der Waals surface area contributed by atoms with E-state index < -0.39 is 5.82 Å². The summed E-state index contributed by atoms with van der Waals surface area (Å²) in [6, 6.07) is 7.26. The van der Waals surface area contributed by atoms with Crippen molar-refractivity contribution in [2.45, 2.75) is 58.4 Å². The lowest BCUT2D eigenvalue weighted by Gasteiger charge is -2.28. The van der Waals surface area contributed by atoms with E-state index in [-0.39, 0.29) is 23.8 Å². The molecule has 1 aliphatic carbocycles. The van der Waals surface area contributed by atoms with Crippen LogP contribution >= 0.6 is 0 Å². The number of amides is 1. The van der Waals surface area contributed by atoms with E-state index in [0.29, 0.717) is 5.82 Å². The van der Waals surface area contributed by atoms with Gasteiger partial charge in [-0.1, -0.05) is 6.07 Å². The van der Waals surface area contributed by atoms with Gasteiger partial charge >= 0.3 is 0 Å². The molecule has 3 N–H and O–H groups in total. The highest BCUT2D eigenvalue weighted by Crippen LogP contribution is 2.35. The summed E-state index contributed by atoms with van der Waals surface area (Å²) in [7, 11) is 0. The minimum atomic E-state index is -0.420. The number of rotatable bonds is 7. The molecule has 0 aliphatic heterocycles. The zero-order valence-corrected chi connectivity index (χ0v) is 21.1. The van der Waals surface area contributed by atoms with Crippen molar-refractivity contribution in [2.24, 2.45) is 5.92 Å². The van der Waals surface area contributed by atoms with Gasteiger partial charge in [-0.15, -0.1) is 0 Å². The molecule has 37 heavy (non-hydrogen) atoms. The average molecular weight is 504 g/mol. The van der Waals surface area contributed by atoms with Crippen molar-refractivity contribution < 1.29 is 9.18 Å². The van der Waals surface area contributed by atoms with Gasteiger partial charge in [-0.2, -0.15) is 10.2 Å². The van der Waals surface area contributed by atoms with Crippen molar-refractivity contribution in [1.82, 2.24) is 40.2 Å². The molecular formula is C26H30FN9O. The maximum Gasteiger partial charge on any atom is 0.223 e. The van der Waals surface area contributed by atoms with Crippen LogP contribution in [0.15, 0.2) is 42.9 Å². The third kappa shape index (κ3) is 5.82. The predicted octanol–water partition coefficient (Wildman–Crippen LogP) is 4.43. The van der Waals surface area contributed by atoms with Gasteiger partial charge in [0, 0.05) is 41.6 Å². The Hall–Kier alpha value is -4.15. The van der Waals surface area contributed by atoms with Crippen LogP contribution in [0.2, 0.25) is 0 Å². The van der Waals surface area contributed by atoms with E-state index in [2.05, 4.69) is 35.9 Å². The van der Waals surface area contributed by atoms with Gasteiger partial charge in [0.2, 0.25) is 5.91 Å². The van der Waals surface area contributed by atoms with Crippen molar-refractivity contribution in [3.63, 3.8) is 0 Å². The van der Waals surface area contributed by atoms with Crippen LogP contribution < -0.4 is 10.6 Å². The molecular weight excluding hydrogens is 473 g/mol. The number of aromatic amines is 1. The summed E-state index contributed by atoms with van der Waals surface area (Å²) >= 11 is 0. The van der Waals surface area contributed by atoms with Gasteiger partial charge in [-0.05, 0) is 58.1 Å². The lowest BCUT2D eigenvalue weighted by Crippen LogP contribution is -2.34. The lowest BCUT2D eigenvalue weighted by atomic mass is 9.81. The van der Waals surface area contributed by atoms with Gasteiger partial charge in [-0.3, -0.25) is 9.89 Å². The second-order valence-electron chi connectivity index (χ2n) is 9.65. The monoisotopic (exact) mass is 503 g/mol. The Labute approximate surface area is 214 Å². The first-order valence-corrected chi connectivity index (χ1v) is 12.5. The lowest BCUT2D eigenvalue weighted by molar-refractivity contribution is -0.126. The summed E-state index contributed by atoms with van der Waals surface area (Å²) in [5.41, 5.74) is 2.74. The number of aromatic nitrogens is 7. The van der Waals surface area contributed by atoms with Gasteiger partial charge in [0.25, 0.3) is 0 Å². The Balaban J connectivity index is 1.16. The van der Waals surface area contributed by atoms with Crippen LogP contribution in [0.3, 0.4) is 0 Å². The molecule has 0 aromatic carbocycles. The number of nitrogens with one attached hydrogen (secondary N) is 3. The highest BCUT2D eigenvalue weighted by atomic mass is 19.1. The number of anilines is 2. The molecule has 0 unspecified atom stereocenters. The fourth-order valence-corrected chi connectivity index (χ4v) is 4.70. The van der Waals surface area contributed by atoms with Crippen molar-refractivity contribution >= 4 is 17.5 Å². The number of hydrogen-bond acceptors (Lipinski definition) is 7. The van der Waals surface area contributed by atoms with Crippen LogP contribution in [-0.2, 0) is 4.79 Å². The molecule has 1 saturated carbocycles. The average Bonchev–Trinajstić information content (AvgIpc) is 3.51. The molecule has 0 radical (unpaired) electrons. The summed E-state index contributed by atoms with van der Waals surface area (Å²) in [4.78, 5) is 26.8. The summed E-state index contributed by atoms with van der Waals surface area (Å²) in [5.74, 6) is 2.56. The summed E-state index contributed by atoms with van der Waals surface area (Å²) in [6.07, 6.45) is 7.36. The zero-order chi connectivity index (χ0) is 25.9. The molecule has 192 valence electrons. The van der Waals surface area contributed by atoms with Gasteiger partial charge in [0.15, 0.2) is 17.5 Å². The fraction of sp³-hybridized carbons (Fsp3) is 0.385. The standard InChI is InChI=1S/C26H30FN9O/c1-15-10-22(32-23-11-16(2)34-35-23)33-25(30-15)18-4-6-19(7-5-18)26(37)31-17(3)20-8-9-24(28-12-20)36-14-21(27)13-29-36/h8-14,17-19H,4-7H2,1-3H3,(H,31,37)(H2,30,32,33,34,35)/t17-,18-,19+/m0/s1. The van der Waals surface area contributed by atoms with E-state index in [1.165, 1.54) is 10.9 Å². The molecule has 1 atom stereocenters. The van der Waals surface area contributed by atoms with E-state index in [9.17, 15) is 9.18 Å². The Kier molecular flexibility index (Phi) is 6.93. The Bertz CT molecular complexity index is 1370. The van der Waals surface area contributed by atoms with Crippen LogP contribution in [0, 0.1) is 25.6 Å². The van der Waals surface area contributed by atoms with E-state index in [0.717, 1.165) is 66.3 Å². The molecule has 1 aliphatic rings. The molecule has 0 spiro atoms. The first-order chi connectivity index (χ1) is 17.8. The van der Waals surface area contributed by atoms with Crippen molar-refractivity contribution in [2.75, 3.05) is 5.32 Å². The van der Waals surface area contributed by atoms with Crippen molar-refractivity contribution in [3.8, 4) is 5.82 Å². The van der Waals surface area contributed by atoms with E-state index >= 15 is 0 Å². The number of H-pyrrole nitrogens is 1. The molecule has 4 aromatic rings. The minimum absolute atomic E-state index is 0.0468. The SMILES string of the molecule is Cc1cc(Nc2cc(C)[nH]n2)nc([C@H]2CC[C@@H](C(=O)N[C@@H](C)c3ccc(-n4cc(F)cn4)nc3)CC2)n1. The first-order valence-electron chi connectivity index (χ1n) is 12.5. The van der Waals surface area contributed by atoms with Crippen LogP contribution in [-0.4, -0.2) is 40.8 Å². The Morgan fingerprint density at radius 3 is 2.57 bits per heavy atom.